The minimum absolute atomic E-state index is 0.00505. The zero-order valence-corrected chi connectivity index (χ0v) is 17.5. The van der Waals surface area contributed by atoms with E-state index in [9.17, 15) is 4.79 Å². The molecule has 5 rings (SSSR count). The van der Waals surface area contributed by atoms with Crippen molar-refractivity contribution in [3.05, 3.63) is 83.9 Å². The Kier molecular flexibility index (Phi) is 5.24. The number of anilines is 1. The van der Waals surface area contributed by atoms with E-state index in [0.29, 0.717) is 5.75 Å². The number of hydrogen-bond donors (Lipinski definition) is 0. The molecule has 0 spiro atoms. The van der Waals surface area contributed by atoms with Gasteiger partial charge in [-0.25, -0.2) is 0 Å². The lowest BCUT2D eigenvalue weighted by Crippen LogP contribution is -2.55. The topological polar surface area (TPSA) is 48.0 Å². The van der Waals surface area contributed by atoms with E-state index in [4.69, 9.17) is 14.2 Å². The molecule has 31 heavy (non-hydrogen) atoms. The van der Waals surface area contributed by atoms with Crippen molar-refractivity contribution >= 4 is 11.6 Å². The molecule has 5 nitrogen and oxygen atoms in total. The predicted octanol–water partition coefficient (Wildman–Crippen LogP) is 5.15. The van der Waals surface area contributed by atoms with Crippen molar-refractivity contribution in [2.45, 2.75) is 25.3 Å². The van der Waals surface area contributed by atoms with E-state index >= 15 is 0 Å². The van der Waals surface area contributed by atoms with Gasteiger partial charge in [-0.2, -0.15) is 0 Å². The van der Waals surface area contributed by atoms with Crippen molar-refractivity contribution in [3.63, 3.8) is 0 Å². The highest BCUT2D eigenvalue weighted by atomic mass is 16.7. The summed E-state index contributed by atoms with van der Waals surface area (Å²) in [5.74, 6) is 2.34. The highest BCUT2D eigenvalue weighted by Gasteiger charge is 2.48. The van der Waals surface area contributed by atoms with Crippen molar-refractivity contribution in [1.29, 1.82) is 0 Å². The number of aryl methyl sites for hydroxylation is 1. The van der Waals surface area contributed by atoms with E-state index in [2.05, 4.69) is 36.4 Å². The standard InChI is InChI=1S/C26H25NO4/c1-29-21-13-10-19(11-14-21)25-22(9-5-8-18-6-3-2-4-7-18)26(28)27(25)20-12-15-23-24(16-20)31-17-30-23/h2-4,6-7,10-16,22,25H,5,8-9,17H2,1H3/t22-,25-/m0/s1. The normalized spacial score (nSPS) is 19.3. The average molecular weight is 415 g/mol. The molecule has 3 aromatic rings. The van der Waals surface area contributed by atoms with Crippen molar-refractivity contribution in [1.82, 2.24) is 0 Å². The summed E-state index contributed by atoms with van der Waals surface area (Å²) in [6.45, 7) is 0.219. The Morgan fingerprint density at radius 3 is 2.52 bits per heavy atom. The van der Waals surface area contributed by atoms with Crippen LogP contribution in [0.5, 0.6) is 17.2 Å². The number of nitrogens with zero attached hydrogens (tertiary/aromatic N) is 1. The van der Waals surface area contributed by atoms with Crippen LogP contribution in [0.3, 0.4) is 0 Å². The van der Waals surface area contributed by atoms with Gasteiger partial charge in [0.15, 0.2) is 11.5 Å². The van der Waals surface area contributed by atoms with Crippen LogP contribution in [0.25, 0.3) is 0 Å². The first kappa shape index (κ1) is 19.5. The number of fused-ring (bicyclic) bond motifs is 1. The Morgan fingerprint density at radius 1 is 0.968 bits per heavy atom. The van der Waals surface area contributed by atoms with Gasteiger partial charge in [0, 0.05) is 11.8 Å². The van der Waals surface area contributed by atoms with Gasteiger partial charge in [-0.3, -0.25) is 4.79 Å². The molecule has 0 aromatic heterocycles. The lowest BCUT2D eigenvalue weighted by Gasteiger charge is -2.47. The summed E-state index contributed by atoms with van der Waals surface area (Å²) < 4.78 is 16.3. The van der Waals surface area contributed by atoms with Gasteiger partial charge < -0.3 is 19.1 Å². The molecule has 0 saturated carbocycles. The molecule has 5 heteroatoms. The third kappa shape index (κ3) is 3.72. The molecule has 0 radical (unpaired) electrons. The van der Waals surface area contributed by atoms with Gasteiger partial charge in [0.1, 0.15) is 5.75 Å². The van der Waals surface area contributed by atoms with Gasteiger partial charge >= 0.3 is 0 Å². The molecule has 0 bridgehead atoms. The fourth-order valence-electron chi connectivity index (χ4n) is 4.51. The molecule has 0 aliphatic carbocycles. The van der Waals surface area contributed by atoms with Crippen molar-refractivity contribution < 1.29 is 19.0 Å². The van der Waals surface area contributed by atoms with Crippen molar-refractivity contribution in [2.24, 2.45) is 5.92 Å². The lowest BCUT2D eigenvalue weighted by molar-refractivity contribution is -0.130. The Labute approximate surface area is 182 Å². The van der Waals surface area contributed by atoms with Crippen molar-refractivity contribution in [2.75, 3.05) is 18.8 Å². The summed E-state index contributed by atoms with van der Waals surface area (Å²) in [5.41, 5.74) is 3.26. The second-order valence-electron chi connectivity index (χ2n) is 7.95. The summed E-state index contributed by atoms with van der Waals surface area (Å²) in [4.78, 5) is 15.1. The fraction of sp³-hybridized carbons (Fsp3) is 0.269. The molecule has 3 aromatic carbocycles. The Morgan fingerprint density at radius 2 is 1.74 bits per heavy atom. The molecule has 1 fully saturated rings. The predicted molar refractivity (Wildman–Crippen MR) is 119 cm³/mol. The maximum atomic E-state index is 13.2. The maximum Gasteiger partial charge on any atom is 0.233 e. The third-order valence-corrected chi connectivity index (χ3v) is 6.13. The van der Waals surface area contributed by atoms with E-state index in [1.807, 2.05) is 41.3 Å². The molecule has 0 N–H and O–H groups in total. The van der Waals surface area contributed by atoms with Gasteiger partial charge in [-0.05, 0) is 54.7 Å². The molecule has 2 aliphatic rings. The van der Waals surface area contributed by atoms with E-state index < -0.39 is 0 Å². The van der Waals surface area contributed by atoms with Crippen LogP contribution in [-0.2, 0) is 11.2 Å². The van der Waals surface area contributed by atoms with Crippen LogP contribution in [0.1, 0.15) is 30.0 Å². The summed E-state index contributed by atoms with van der Waals surface area (Å²) >= 11 is 0. The highest BCUT2D eigenvalue weighted by Crippen LogP contribution is 2.48. The number of carbonyl (C=O) groups is 1. The molecule has 158 valence electrons. The molecular formula is C26H25NO4. The fourth-order valence-corrected chi connectivity index (χ4v) is 4.51. The molecule has 2 atom stereocenters. The molecule has 1 amide bonds. The monoisotopic (exact) mass is 415 g/mol. The number of rotatable bonds is 7. The number of methoxy groups -OCH3 is 1. The number of ether oxygens (including phenoxy) is 3. The first-order chi connectivity index (χ1) is 15.2. The maximum absolute atomic E-state index is 13.2. The first-order valence-electron chi connectivity index (χ1n) is 10.7. The van der Waals surface area contributed by atoms with Crippen LogP contribution in [-0.4, -0.2) is 19.8 Å². The zero-order valence-electron chi connectivity index (χ0n) is 17.5. The third-order valence-electron chi connectivity index (χ3n) is 6.13. The molecule has 2 heterocycles. The van der Waals surface area contributed by atoms with Gasteiger partial charge in [0.2, 0.25) is 12.7 Å². The van der Waals surface area contributed by atoms with E-state index in [1.165, 1.54) is 5.56 Å². The largest absolute Gasteiger partial charge is 0.497 e. The van der Waals surface area contributed by atoms with E-state index in [0.717, 1.165) is 42.0 Å². The number of amides is 1. The number of hydrogen-bond acceptors (Lipinski definition) is 4. The summed E-state index contributed by atoms with van der Waals surface area (Å²) in [6.07, 6.45) is 2.80. The number of benzene rings is 3. The molecule has 0 unspecified atom stereocenters. The first-order valence-corrected chi connectivity index (χ1v) is 10.7. The lowest BCUT2D eigenvalue weighted by atomic mass is 9.78. The molecule has 1 saturated heterocycles. The summed E-state index contributed by atoms with van der Waals surface area (Å²) in [5, 5.41) is 0. The van der Waals surface area contributed by atoms with E-state index in [1.54, 1.807) is 7.11 Å². The molecular weight excluding hydrogens is 390 g/mol. The average Bonchev–Trinajstić information content (AvgIpc) is 3.29. The van der Waals surface area contributed by atoms with Crippen LogP contribution < -0.4 is 19.1 Å². The number of β-lactam (4-membered cyclic amide) rings is 1. The Hall–Kier alpha value is -3.47. The summed E-state index contributed by atoms with van der Waals surface area (Å²) in [6, 6.07) is 24.2. The van der Waals surface area contributed by atoms with Crippen LogP contribution in [0.2, 0.25) is 0 Å². The minimum atomic E-state index is -0.0393. The van der Waals surface area contributed by atoms with Gasteiger partial charge in [0.05, 0.1) is 19.1 Å². The minimum Gasteiger partial charge on any atom is -0.497 e. The Bertz CT molecular complexity index is 1060. The second-order valence-corrected chi connectivity index (χ2v) is 7.95. The van der Waals surface area contributed by atoms with Crippen LogP contribution in [0.4, 0.5) is 5.69 Å². The summed E-state index contributed by atoms with van der Waals surface area (Å²) in [7, 11) is 1.66. The van der Waals surface area contributed by atoms with Gasteiger partial charge in [-0.15, -0.1) is 0 Å². The smallest absolute Gasteiger partial charge is 0.233 e. The van der Waals surface area contributed by atoms with E-state index in [-0.39, 0.29) is 24.7 Å². The van der Waals surface area contributed by atoms with Crippen LogP contribution >= 0.6 is 0 Å². The van der Waals surface area contributed by atoms with Crippen molar-refractivity contribution in [3.8, 4) is 17.2 Å². The quantitative estimate of drug-likeness (QED) is 0.501. The SMILES string of the molecule is COc1ccc([C@H]2[C@H](CCCc3ccccc3)C(=O)N2c2ccc3c(c2)OCO3)cc1. The second kappa shape index (κ2) is 8.34. The van der Waals surface area contributed by atoms with Gasteiger partial charge in [-0.1, -0.05) is 42.5 Å². The van der Waals surface area contributed by atoms with Crippen LogP contribution in [0, 0.1) is 5.92 Å². The highest BCUT2D eigenvalue weighted by molar-refractivity contribution is 6.03. The number of carbonyl (C=O) groups excluding carboxylic acids is 1. The molecule has 2 aliphatic heterocycles. The van der Waals surface area contributed by atoms with Crippen LogP contribution in [0.15, 0.2) is 72.8 Å². The zero-order chi connectivity index (χ0) is 21.2. The van der Waals surface area contributed by atoms with Gasteiger partial charge in [0.25, 0.3) is 0 Å². The Balaban J connectivity index is 1.38.